The zero-order valence-electron chi connectivity index (χ0n) is 16.2. The number of hydrogen-bond acceptors (Lipinski definition) is 9. The van der Waals surface area contributed by atoms with Crippen LogP contribution in [0.5, 0.6) is 0 Å². The Kier molecular flexibility index (Phi) is 5.33. The first-order valence-corrected chi connectivity index (χ1v) is 9.29. The molecule has 10 heteroatoms. The van der Waals surface area contributed by atoms with Gasteiger partial charge in [0.05, 0.1) is 12.9 Å². The molecule has 0 radical (unpaired) electrons. The fourth-order valence-corrected chi connectivity index (χ4v) is 3.38. The molecule has 0 bridgehead atoms. The van der Waals surface area contributed by atoms with Crippen molar-refractivity contribution in [3.63, 3.8) is 0 Å². The van der Waals surface area contributed by atoms with Crippen LogP contribution >= 0.6 is 0 Å². The van der Waals surface area contributed by atoms with Crippen molar-refractivity contribution >= 4 is 22.7 Å². The maximum absolute atomic E-state index is 10.3. The molecule has 0 aliphatic carbocycles. The molecule has 10 nitrogen and oxygen atoms in total. The highest BCUT2D eigenvalue weighted by Gasteiger charge is 2.44. The topological polar surface area (TPSA) is 129 Å². The lowest BCUT2D eigenvalue weighted by Crippen LogP contribution is -2.33. The van der Waals surface area contributed by atoms with E-state index in [-0.39, 0.29) is 0 Å². The average molecular weight is 400 g/mol. The molecule has 4 N–H and O–H groups in total. The number of aromatic nitrogens is 4. The van der Waals surface area contributed by atoms with E-state index in [1.807, 2.05) is 43.3 Å². The standard InChI is InChI=1S/C19H24N6O4/c1-24(2)12-5-3-11(4-6-12)7-20-17-14-18(22-9-21-17)25(10-23-14)19-16(28)15(27)13(8-26)29-19/h3-6,9-10,13,15-16,19,26-28H,7-8H2,1-2H3,(H,20,21,22)/t13-,15+,16?,19-/m1/s1. The van der Waals surface area contributed by atoms with Gasteiger partial charge in [-0.25, -0.2) is 15.0 Å². The summed E-state index contributed by atoms with van der Waals surface area (Å²) in [7, 11) is 3.99. The summed E-state index contributed by atoms with van der Waals surface area (Å²) in [6.07, 6.45) is -1.26. The van der Waals surface area contributed by atoms with Crippen LogP contribution in [-0.4, -0.2) is 73.9 Å². The number of fused-ring (bicyclic) bond motifs is 1. The highest BCUT2D eigenvalue weighted by molar-refractivity contribution is 5.82. The van der Waals surface area contributed by atoms with Crippen LogP contribution in [0.25, 0.3) is 11.2 Å². The number of ether oxygens (including phenoxy) is 1. The van der Waals surface area contributed by atoms with Gasteiger partial charge in [0.2, 0.25) is 0 Å². The molecule has 3 aromatic rings. The molecule has 1 aliphatic heterocycles. The van der Waals surface area contributed by atoms with Crippen molar-refractivity contribution in [1.82, 2.24) is 19.5 Å². The van der Waals surface area contributed by atoms with E-state index in [0.717, 1.165) is 11.3 Å². The monoisotopic (exact) mass is 400 g/mol. The molecule has 4 atom stereocenters. The van der Waals surface area contributed by atoms with E-state index in [1.165, 1.54) is 17.2 Å². The number of nitrogens with one attached hydrogen (secondary N) is 1. The van der Waals surface area contributed by atoms with Crippen LogP contribution in [0.3, 0.4) is 0 Å². The highest BCUT2D eigenvalue weighted by atomic mass is 16.6. The Morgan fingerprint density at radius 3 is 2.52 bits per heavy atom. The summed E-state index contributed by atoms with van der Waals surface area (Å²) in [5, 5.41) is 32.8. The predicted molar refractivity (Wildman–Crippen MR) is 106 cm³/mol. The number of imidazole rings is 1. The number of rotatable bonds is 6. The van der Waals surface area contributed by atoms with Crippen LogP contribution in [0, 0.1) is 0 Å². The summed E-state index contributed by atoms with van der Waals surface area (Å²) < 4.78 is 7.11. The van der Waals surface area contributed by atoms with Gasteiger partial charge < -0.3 is 30.3 Å². The van der Waals surface area contributed by atoms with Crippen molar-refractivity contribution in [1.29, 1.82) is 0 Å². The molecule has 1 aromatic carbocycles. The molecule has 4 rings (SSSR count). The third kappa shape index (κ3) is 3.62. The van der Waals surface area contributed by atoms with Gasteiger partial charge >= 0.3 is 0 Å². The van der Waals surface area contributed by atoms with Crippen LogP contribution < -0.4 is 10.2 Å². The molecule has 154 valence electrons. The maximum Gasteiger partial charge on any atom is 0.167 e. The molecule has 29 heavy (non-hydrogen) atoms. The second kappa shape index (κ2) is 7.91. The molecule has 1 fully saturated rings. The molecule has 2 aromatic heterocycles. The Hall–Kier alpha value is -2.79. The lowest BCUT2D eigenvalue weighted by molar-refractivity contribution is -0.0511. The minimum absolute atomic E-state index is 0.393. The molecule has 1 saturated heterocycles. The summed E-state index contributed by atoms with van der Waals surface area (Å²) >= 11 is 0. The molecule has 3 heterocycles. The quantitative estimate of drug-likeness (QED) is 0.456. The van der Waals surface area contributed by atoms with E-state index in [0.29, 0.717) is 23.5 Å². The van der Waals surface area contributed by atoms with E-state index >= 15 is 0 Å². The summed E-state index contributed by atoms with van der Waals surface area (Å²) in [5.41, 5.74) is 3.19. The third-order valence-electron chi connectivity index (χ3n) is 5.06. The SMILES string of the molecule is CN(C)c1ccc(CNc2ncnc3c2ncn3[C@@H]2O[C@H](CO)[C@H](O)C2O)cc1. The first-order valence-electron chi connectivity index (χ1n) is 9.29. The zero-order valence-corrected chi connectivity index (χ0v) is 16.2. The van der Waals surface area contributed by atoms with Crippen LogP contribution in [0.15, 0.2) is 36.9 Å². The molecule has 0 saturated carbocycles. The Bertz CT molecular complexity index is 976. The van der Waals surface area contributed by atoms with E-state index in [4.69, 9.17) is 4.74 Å². The number of nitrogens with zero attached hydrogens (tertiary/aromatic N) is 5. The van der Waals surface area contributed by atoms with Crippen LogP contribution in [0.2, 0.25) is 0 Å². The lowest BCUT2D eigenvalue weighted by Gasteiger charge is -2.16. The van der Waals surface area contributed by atoms with Crippen molar-refractivity contribution in [3.8, 4) is 0 Å². The fraction of sp³-hybridized carbons (Fsp3) is 0.421. The van der Waals surface area contributed by atoms with E-state index in [2.05, 4.69) is 20.3 Å². The van der Waals surface area contributed by atoms with Gasteiger partial charge in [0.15, 0.2) is 23.2 Å². The minimum Gasteiger partial charge on any atom is -0.394 e. The predicted octanol–water partition coefficient (Wildman–Crippen LogP) is 0.116. The van der Waals surface area contributed by atoms with Gasteiger partial charge in [-0.1, -0.05) is 12.1 Å². The number of aliphatic hydroxyl groups excluding tert-OH is 3. The van der Waals surface area contributed by atoms with Crippen molar-refractivity contribution in [2.75, 3.05) is 30.9 Å². The Morgan fingerprint density at radius 2 is 1.86 bits per heavy atom. The highest BCUT2D eigenvalue weighted by Crippen LogP contribution is 2.32. The summed E-state index contributed by atoms with van der Waals surface area (Å²) in [5.74, 6) is 0.553. The molecular formula is C19H24N6O4. The van der Waals surface area contributed by atoms with Crippen LogP contribution in [-0.2, 0) is 11.3 Å². The van der Waals surface area contributed by atoms with Gasteiger partial charge in [-0.15, -0.1) is 0 Å². The van der Waals surface area contributed by atoms with Gasteiger partial charge in [-0.3, -0.25) is 4.57 Å². The average Bonchev–Trinajstić information content (AvgIpc) is 3.28. The molecule has 1 unspecified atom stereocenters. The van der Waals surface area contributed by atoms with Crippen LogP contribution in [0.4, 0.5) is 11.5 Å². The van der Waals surface area contributed by atoms with Gasteiger partial charge in [0.25, 0.3) is 0 Å². The summed E-state index contributed by atoms with van der Waals surface area (Å²) in [6.45, 7) is 0.163. The van der Waals surface area contributed by atoms with Gasteiger partial charge in [-0.05, 0) is 17.7 Å². The van der Waals surface area contributed by atoms with Gasteiger partial charge in [-0.2, -0.15) is 0 Å². The van der Waals surface area contributed by atoms with E-state index < -0.39 is 31.1 Å². The zero-order chi connectivity index (χ0) is 20.5. The second-order valence-corrected chi connectivity index (χ2v) is 7.19. The number of hydrogen-bond donors (Lipinski definition) is 4. The second-order valence-electron chi connectivity index (χ2n) is 7.19. The minimum atomic E-state index is -1.20. The first-order chi connectivity index (χ1) is 14.0. The fourth-order valence-electron chi connectivity index (χ4n) is 3.38. The Labute approximate surface area is 167 Å². The van der Waals surface area contributed by atoms with Crippen molar-refractivity contribution in [3.05, 3.63) is 42.5 Å². The van der Waals surface area contributed by atoms with Gasteiger partial charge in [0, 0.05) is 26.3 Å². The molecule has 1 aliphatic rings. The largest absolute Gasteiger partial charge is 0.394 e. The number of benzene rings is 1. The van der Waals surface area contributed by atoms with Crippen molar-refractivity contribution < 1.29 is 20.1 Å². The smallest absolute Gasteiger partial charge is 0.167 e. The number of aliphatic hydroxyl groups is 3. The molecule has 0 amide bonds. The Balaban J connectivity index is 1.55. The van der Waals surface area contributed by atoms with Crippen molar-refractivity contribution in [2.45, 2.75) is 31.1 Å². The first kappa shape index (κ1) is 19.5. The lowest BCUT2D eigenvalue weighted by atomic mass is 10.1. The van der Waals surface area contributed by atoms with Crippen LogP contribution in [0.1, 0.15) is 11.8 Å². The molecular weight excluding hydrogens is 376 g/mol. The van der Waals surface area contributed by atoms with E-state index in [1.54, 1.807) is 0 Å². The molecule has 0 spiro atoms. The summed E-state index contributed by atoms with van der Waals surface area (Å²) in [4.78, 5) is 14.9. The Morgan fingerprint density at radius 1 is 1.10 bits per heavy atom. The third-order valence-corrected chi connectivity index (χ3v) is 5.06. The number of anilines is 2. The maximum atomic E-state index is 10.3. The normalized spacial score (nSPS) is 24.2. The van der Waals surface area contributed by atoms with Crippen molar-refractivity contribution in [2.24, 2.45) is 0 Å². The summed E-state index contributed by atoms with van der Waals surface area (Å²) in [6, 6.07) is 8.17. The van der Waals surface area contributed by atoms with E-state index in [9.17, 15) is 15.3 Å². The van der Waals surface area contributed by atoms with Gasteiger partial charge in [0.1, 0.15) is 24.6 Å².